The summed E-state index contributed by atoms with van der Waals surface area (Å²) in [5.74, 6) is 1.04. The molecule has 0 aliphatic carbocycles. The SMILES string of the molecule is O=C(CN1CCN(c2ccccc2)C1=O)Nc1ccc2c(c1)OCCO2. The van der Waals surface area contributed by atoms with Crippen LogP contribution in [0.3, 0.4) is 0 Å². The Labute approximate surface area is 151 Å². The third-order valence-electron chi connectivity index (χ3n) is 4.32. The van der Waals surface area contributed by atoms with E-state index in [1.807, 2.05) is 30.3 Å². The van der Waals surface area contributed by atoms with Gasteiger partial charge in [0, 0.05) is 30.5 Å². The molecule has 134 valence electrons. The van der Waals surface area contributed by atoms with E-state index in [4.69, 9.17) is 9.47 Å². The van der Waals surface area contributed by atoms with Crippen LogP contribution in [0, 0.1) is 0 Å². The lowest BCUT2D eigenvalue weighted by atomic mass is 10.2. The van der Waals surface area contributed by atoms with Crippen LogP contribution in [0.15, 0.2) is 48.5 Å². The summed E-state index contributed by atoms with van der Waals surface area (Å²) in [5.41, 5.74) is 1.46. The normalized spacial score (nSPS) is 15.9. The number of carbonyl (C=O) groups excluding carboxylic acids is 2. The number of nitrogens with one attached hydrogen (secondary N) is 1. The molecule has 0 saturated carbocycles. The quantitative estimate of drug-likeness (QED) is 0.916. The van der Waals surface area contributed by atoms with Crippen LogP contribution in [0.5, 0.6) is 11.5 Å². The predicted octanol–water partition coefficient (Wildman–Crippen LogP) is 2.34. The van der Waals surface area contributed by atoms with Gasteiger partial charge in [0.05, 0.1) is 0 Å². The van der Waals surface area contributed by atoms with Crippen molar-refractivity contribution in [1.82, 2.24) is 4.90 Å². The molecule has 2 aliphatic heterocycles. The number of para-hydroxylation sites is 1. The Balaban J connectivity index is 1.37. The van der Waals surface area contributed by atoms with E-state index in [-0.39, 0.29) is 18.5 Å². The van der Waals surface area contributed by atoms with E-state index in [1.165, 1.54) is 0 Å². The molecule has 3 amide bonds. The number of fused-ring (bicyclic) bond motifs is 1. The summed E-state index contributed by atoms with van der Waals surface area (Å²) >= 11 is 0. The van der Waals surface area contributed by atoms with Crippen LogP contribution < -0.4 is 19.7 Å². The molecule has 2 aliphatic rings. The highest BCUT2D eigenvalue weighted by Crippen LogP contribution is 2.32. The third-order valence-corrected chi connectivity index (χ3v) is 4.32. The second-order valence-electron chi connectivity index (χ2n) is 6.10. The van der Waals surface area contributed by atoms with Crippen LogP contribution in [0.2, 0.25) is 0 Å². The molecule has 0 unspecified atom stereocenters. The van der Waals surface area contributed by atoms with Crippen LogP contribution in [-0.4, -0.2) is 49.7 Å². The van der Waals surface area contributed by atoms with Crippen molar-refractivity contribution >= 4 is 23.3 Å². The Morgan fingerprint density at radius 2 is 1.77 bits per heavy atom. The molecule has 0 spiro atoms. The van der Waals surface area contributed by atoms with Crippen LogP contribution >= 0.6 is 0 Å². The van der Waals surface area contributed by atoms with Gasteiger partial charge in [0.15, 0.2) is 11.5 Å². The number of carbonyl (C=O) groups is 2. The topological polar surface area (TPSA) is 71.1 Å². The highest BCUT2D eigenvalue weighted by molar-refractivity contribution is 5.99. The standard InChI is InChI=1S/C19H19N3O4/c23-18(20-14-6-7-16-17(12-14)26-11-10-25-16)13-21-8-9-22(19(21)24)15-4-2-1-3-5-15/h1-7,12H,8-11,13H2,(H,20,23). The van der Waals surface area contributed by atoms with Gasteiger partial charge < -0.3 is 19.7 Å². The van der Waals surface area contributed by atoms with Gasteiger partial charge in [-0.15, -0.1) is 0 Å². The fourth-order valence-electron chi connectivity index (χ4n) is 3.07. The van der Waals surface area contributed by atoms with Crippen LogP contribution in [-0.2, 0) is 4.79 Å². The number of hydrogen-bond acceptors (Lipinski definition) is 4. The van der Waals surface area contributed by atoms with E-state index in [0.717, 1.165) is 5.69 Å². The Hall–Kier alpha value is -3.22. The molecule has 0 aromatic heterocycles. The second kappa shape index (κ2) is 6.95. The molecule has 4 rings (SSSR count). The molecular weight excluding hydrogens is 334 g/mol. The van der Waals surface area contributed by atoms with E-state index in [1.54, 1.807) is 28.0 Å². The Kier molecular flexibility index (Phi) is 4.35. The molecule has 1 fully saturated rings. The number of rotatable bonds is 4. The minimum atomic E-state index is -0.245. The second-order valence-corrected chi connectivity index (χ2v) is 6.10. The number of anilines is 2. The fourth-order valence-corrected chi connectivity index (χ4v) is 3.07. The largest absolute Gasteiger partial charge is 0.486 e. The molecule has 2 aromatic carbocycles. The van der Waals surface area contributed by atoms with Crippen molar-refractivity contribution in [3.8, 4) is 11.5 Å². The zero-order chi connectivity index (χ0) is 17.9. The van der Waals surface area contributed by atoms with Crippen molar-refractivity contribution in [3.63, 3.8) is 0 Å². The average Bonchev–Trinajstić information content (AvgIpc) is 3.02. The number of amides is 3. The highest BCUT2D eigenvalue weighted by atomic mass is 16.6. The van der Waals surface area contributed by atoms with Gasteiger partial charge in [0.1, 0.15) is 19.8 Å². The smallest absolute Gasteiger partial charge is 0.325 e. The lowest BCUT2D eigenvalue weighted by Crippen LogP contribution is -2.37. The Morgan fingerprint density at radius 1 is 1.00 bits per heavy atom. The van der Waals surface area contributed by atoms with E-state index in [0.29, 0.717) is 43.5 Å². The van der Waals surface area contributed by atoms with Crippen molar-refractivity contribution in [2.24, 2.45) is 0 Å². The van der Waals surface area contributed by atoms with Crippen LogP contribution in [0.1, 0.15) is 0 Å². The number of benzene rings is 2. The maximum Gasteiger partial charge on any atom is 0.325 e. The number of nitrogens with zero attached hydrogens (tertiary/aromatic N) is 2. The van der Waals surface area contributed by atoms with Crippen molar-refractivity contribution in [1.29, 1.82) is 0 Å². The molecule has 7 nitrogen and oxygen atoms in total. The zero-order valence-electron chi connectivity index (χ0n) is 14.2. The maximum atomic E-state index is 12.5. The van der Waals surface area contributed by atoms with Crippen molar-refractivity contribution in [3.05, 3.63) is 48.5 Å². The number of ether oxygens (including phenoxy) is 2. The summed E-state index contributed by atoms with van der Waals surface area (Å²) in [6.45, 7) is 2.11. The van der Waals surface area contributed by atoms with Crippen molar-refractivity contribution in [2.45, 2.75) is 0 Å². The first-order chi connectivity index (χ1) is 12.7. The van der Waals surface area contributed by atoms with Crippen molar-refractivity contribution in [2.75, 3.05) is 43.1 Å². The first kappa shape index (κ1) is 16.3. The lowest BCUT2D eigenvalue weighted by molar-refractivity contribution is -0.116. The lowest BCUT2D eigenvalue weighted by Gasteiger charge is -2.20. The Morgan fingerprint density at radius 3 is 2.58 bits per heavy atom. The van der Waals surface area contributed by atoms with Gasteiger partial charge in [-0.1, -0.05) is 18.2 Å². The first-order valence-electron chi connectivity index (χ1n) is 8.52. The van der Waals surface area contributed by atoms with E-state index in [9.17, 15) is 9.59 Å². The summed E-state index contributed by atoms with van der Waals surface area (Å²) in [4.78, 5) is 28.1. The fraction of sp³-hybridized carbons (Fsp3) is 0.263. The molecule has 7 heteroatoms. The molecule has 1 saturated heterocycles. The van der Waals surface area contributed by atoms with Crippen LogP contribution in [0.4, 0.5) is 16.2 Å². The van der Waals surface area contributed by atoms with Gasteiger partial charge in [-0.25, -0.2) is 4.79 Å². The van der Waals surface area contributed by atoms with E-state index in [2.05, 4.69) is 5.32 Å². The molecule has 0 atom stereocenters. The minimum Gasteiger partial charge on any atom is -0.486 e. The first-order valence-corrected chi connectivity index (χ1v) is 8.52. The van der Waals surface area contributed by atoms with Gasteiger partial charge >= 0.3 is 6.03 Å². The molecule has 26 heavy (non-hydrogen) atoms. The average molecular weight is 353 g/mol. The predicted molar refractivity (Wildman–Crippen MR) is 96.8 cm³/mol. The van der Waals surface area contributed by atoms with E-state index >= 15 is 0 Å². The van der Waals surface area contributed by atoms with Crippen molar-refractivity contribution < 1.29 is 19.1 Å². The molecule has 0 bridgehead atoms. The highest BCUT2D eigenvalue weighted by Gasteiger charge is 2.30. The van der Waals surface area contributed by atoms with Gasteiger partial charge in [-0.3, -0.25) is 9.69 Å². The zero-order valence-corrected chi connectivity index (χ0v) is 14.2. The summed E-state index contributed by atoms with van der Waals surface area (Å²) in [7, 11) is 0. The minimum absolute atomic E-state index is 0.0105. The van der Waals surface area contributed by atoms with Gasteiger partial charge in [-0.2, -0.15) is 0 Å². The molecule has 2 aromatic rings. The summed E-state index contributed by atoms with van der Waals surface area (Å²) in [6.07, 6.45) is 0. The number of urea groups is 1. The van der Waals surface area contributed by atoms with E-state index < -0.39 is 0 Å². The van der Waals surface area contributed by atoms with Gasteiger partial charge in [0.2, 0.25) is 5.91 Å². The van der Waals surface area contributed by atoms with Gasteiger partial charge in [0.25, 0.3) is 0 Å². The molecule has 2 heterocycles. The summed E-state index contributed by atoms with van der Waals surface area (Å²) < 4.78 is 11.0. The summed E-state index contributed by atoms with van der Waals surface area (Å²) in [5, 5.41) is 2.81. The Bertz CT molecular complexity index is 825. The number of hydrogen-bond donors (Lipinski definition) is 1. The maximum absolute atomic E-state index is 12.5. The molecular formula is C19H19N3O4. The van der Waals surface area contributed by atoms with Gasteiger partial charge in [-0.05, 0) is 24.3 Å². The summed E-state index contributed by atoms with van der Waals surface area (Å²) in [6, 6.07) is 14.5. The van der Waals surface area contributed by atoms with Crippen LogP contribution in [0.25, 0.3) is 0 Å². The molecule has 0 radical (unpaired) electrons. The third kappa shape index (κ3) is 3.28. The monoisotopic (exact) mass is 353 g/mol. The molecule has 1 N–H and O–H groups in total.